The molecule has 4 rings (SSSR count). The molecule has 0 unspecified atom stereocenters. The number of amides is 2. The number of carbonyl (C=O) groups is 2. The van der Waals surface area contributed by atoms with Crippen molar-refractivity contribution in [3.8, 4) is 0 Å². The van der Waals surface area contributed by atoms with Gasteiger partial charge in [-0.2, -0.15) is 0 Å². The molecule has 41 heavy (non-hydrogen) atoms. The predicted octanol–water partition coefficient (Wildman–Crippen LogP) is 6.02. The van der Waals surface area contributed by atoms with E-state index in [0.717, 1.165) is 53.1 Å². The fourth-order valence-corrected chi connectivity index (χ4v) is 6.75. The quantitative estimate of drug-likeness (QED) is 0.311. The van der Waals surface area contributed by atoms with Crippen LogP contribution in [0, 0.1) is 13.8 Å². The fraction of sp³-hybridized carbons (Fsp3) is 0.375. The van der Waals surface area contributed by atoms with Crippen molar-refractivity contribution in [2.24, 2.45) is 0 Å². The minimum Gasteiger partial charge on any atom is -0.352 e. The normalized spacial score (nSPS) is 14.7. The lowest BCUT2D eigenvalue weighted by Gasteiger charge is -2.33. The van der Waals surface area contributed by atoms with Gasteiger partial charge in [-0.05, 0) is 86.7 Å². The Bertz CT molecular complexity index is 1470. The summed E-state index contributed by atoms with van der Waals surface area (Å²) in [6.07, 6.45) is 5.11. The number of benzene rings is 3. The molecule has 1 aliphatic carbocycles. The Kier molecular flexibility index (Phi) is 10.1. The van der Waals surface area contributed by atoms with Crippen molar-refractivity contribution < 1.29 is 18.0 Å². The number of halogens is 1. The minimum absolute atomic E-state index is 0.0762. The molecule has 0 aliphatic heterocycles. The maximum atomic E-state index is 14.1. The first kappa shape index (κ1) is 30.6. The number of carbonyl (C=O) groups excluding carboxylic acids is 2. The maximum absolute atomic E-state index is 14.1. The molecule has 7 nitrogen and oxygen atoms in total. The number of nitrogens with one attached hydrogen (secondary N) is 1. The molecule has 1 aliphatic rings. The highest BCUT2D eigenvalue weighted by atomic mass is 35.5. The molecule has 0 spiro atoms. The van der Waals surface area contributed by atoms with Crippen LogP contribution in [0.25, 0.3) is 0 Å². The third-order valence-corrected chi connectivity index (χ3v) is 9.77. The highest BCUT2D eigenvalue weighted by Gasteiger charge is 2.33. The molecule has 0 radical (unpaired) electrons. The second kappa shape index (κ2) is 13.5. The third-order valence-electron chi connectivity index (χ3n) is 7.75. The molecule has 0 bridgehead atoms. The van der Waals surface area contributed by atoms with E-state index in [2.05, 4.69) is 5.32 Å². The summed E-state index contributed by atoms with van der Waals surface area (Å²) in [6, 6.07) is 19.7. The number of sulfonamides is 1. The van der Waals surface area contributed by atoms with Gasteiger partial charge in [0.1, 0.15) is 12.6 Å². The van der Waals surface area contributed by atoms with Crippen LogP contribution in [-0.2, 0) is 26.2 Å². The molecule has 0 saturated heterocycles. The van der Waals surface area contributed by atoms with E-state index in [1.165, 1.54) is 17.0 Å². The number of aryl methyl sites for hydroxylation is 2. The van der Waals surface area contributed by atoms with E-state index >= 15 is 0 Å². The van der Waals surface area contributed by atoms with Crippen molar-refractivity contribution in [2.45, 2.75) is 76.4 Å². The van der Waals surface area contributed by atoms with Gasteiger partial charge in [0.25, 0.3) is 10.0 Å². The molecule has 2 amide bonds. The van der Waals surface area contributed by atoms with Crippen molar-refractivity contribution in [3.05, 3.63) is 94.5 Å². The Morgan fingerprint density at radius 3 is 2.29 bits per heavy atom. The molecule has 1 atom stereocenters. The Labute approximate surface area is 248 Å². The fourth-order valence-electron chi connectivity index (χ4n) is 5.11. The topological polar surface area (TPSA) is 86.8 Å². The van der Waals surface area contributed by atoms with Crippen LogP contribution < -0.4 is 9.62 Å². The molecular weight excluding hydrogens is 558 g/mol. The molecule has 1 fully saturated rings. The zero-order valence-corrected chi connectivity index (χ0v) is 25.4. The molecule has 0 aromatic heterocycles. The molecule has 218 valence electrons. The van der Waals surface area contributed by atoms with Crippen molar-refractivity contribution in [2.75, 3.05) is 10.8 Å². The van der Waals surface area contributed by atoms with Crippen LogP contribution in [-0.4, -0.2) is 43.8 Å². The Balaban J connectivity index is 1.68. The first-order valence-electron chi connectivity index (χ1n) is 14.1. The average Bonchev–Trinajstić information content (AvgIpc) is 2.96. The van der Waals surface area contributed by atoms with Crippen LogP contribution in [0.1, 0.15) is 55.7 Å². The molecule has 3 aromatic carbocycles. The first-order chi connectivity index (χ1) is 19.6. The van der Waals surface area contributed by atoms with E-state index in [1.807, 2.05) is 26.0 Å². The molecule has 1 saturated carbocycles. The van der Waals surface area contributed by atoms with Gasteiger partial charge >= 0.3 is 0 Å². The summed E-state index contributed by atoms with van der Waals surface area (Å²) in [4.78, 5) is 29.0. The highest BCUT2D eigenvalue weighted by molar-refractivity contribution is 7.92. The van der Waals surface area contributed by atoms with Crippen LogP contribution in [0.4, 0.5) is 5.69 Å². The van der Waals surface area contributed by atoms with Gasteiger partial charge in [0.2, 0.25) is 11.8 Å². The van der Waals surface area contributed by atoms with Gasteiger partial charge in [-0.15, -0.1) is 0 Å². The van der Waals surface area contributed by atoms with Gasteiger partial charge < -0.3 is 10.2 Å². The van der Waals surface area contributed by atoms with Crippen LogP contribution in [0.5, 0.6) is 0 Å². The summed E-state index contributed by atoms with van der Waals surface area (Å²) >= 11 is 6.23. The van der Waals surface area contributed by atoms with Crippen molar-refractivity contribution >= 4 is 39.1 Å². The van der Waals surface area contributed by atoms with Gasteiger partial charge in [-0.25, -0.2) is 8.42 Å². The smallest absolute Gasteiger partial charge is 0.264 e. The Morgan fingerprint density at radius 1 is 0.927 bits per heavy atom. The van der Waals surface area contributed by atoms with Gasteiger partial charge in [0, 0.05) is 17.6 Å². The lowest BCUT2D eigenvalue weighted by atomic mass is 9.95. The molecule has 1 N–H and O–H groups in total. The number of hydrogen-bond acceptors (Lipinski definition) is 4. The first-order valence-corrected chi connectivity index (χ1v) is 15.9. The zero-order chi connectivity index (χ0) is 29.6. The third kappa shape index (κ3) is 7.68. The Morgan fingerprint density at radius 2 is 1.63 bits per heavy atom. The Hall–Kier alpha value is -3.36. The highest BCUT2D eigenvalue weighted by Crippen LogP contribution is 2.27. The maximum Gasteiger partial charge on any atom is 0.264 e. The largest absolute Gasteiger partial charge is 0.352 e. The molecule has 9 heteroatoms. The van der Waals surface area contributed by atoms with Crippen LogP contribution in [0.15, 0.2) is 77.7 Å². The lowest BCUT2D eigenvalue weighted by molar-refractivity contribution is -0.139. The SMILES string of the molecule is Cc1ccc(N(CC(=O)N(Cc2cccc(Cl)c2)[C@@H](C)C(=O)NC2CCCCC2)S(=O)(=O)c2ccccc2)cc1C. The number of rotatable bonds is 10. The van der Waals surface area contributed by atoms with Crippen LogP contribution in [0.2, 0.25) is 5.02 Å². The van der Waals surface area contributed by atoms with Crippen molar-refractivity contribution in [3.63, 3.8) is 0 Å². The van der Waals surface area contributed by atoms with E-state index in [9.17, 15) is 18.0 Å². The summed E-state index contributed by atoms with van der Waals surface area (Å²) in [7, 11) is -4.10. The molecule has 3 aromatic rings. The standard InChI is InChI=1S/C32H38ClN3O4S/c1-23-17-18-29(19-24(23)2)36(41(39,40)30-15-8-5-9-16-30)22-31(37)35(21-26-11-10-12-27(33)20-26)25(3)32(38)34-28-13-6-4-7-14-28/h5,8-12,15-20,25,28H,4,6-7,13-14,21-22H2,1-3H3,(H,34,38)/t25-/m0/s1. The van der Waals surface area contributed by atoms with Crippen LogP contribution in [0.3, 0.4) is 0 Å². The molecular formula is C32H38ClN3O4S. The van der Waals surface area contributed by atoms with Gasteiger partial charge in [0.05, 0.1) is 10.6 Å². The summed E-state index contributed by atoms with van der Waals surface area (Å²) in [5.74, 6) is -0.745. The summed E-state index contributed by atoms with van der Waals surface area (Å²) in [5.41, 5.74) is 3.03. The lowest BCUT2D eigenvalue weighted by Crippen LogP contribution is -2.53. The van der Waals surface area contributed by atoms with Crippen molar-refractivity contribution in [1.29, 1.82) is 0 Å². The summed E-state index contributed by atoms with van der Waals surface area (Å²) in [6.45, 7) is 5.16. The predicted molar refractivity (Wildman–Crippen MR) is 163 cm³/mol. The average molecular weight is 596 g/mol. The van der Waals surface area contributed by atoms with E-state index in [-0.39, 0.29) is 23.4 Å². The second-order valence-corrected chi connectivity index (χ2v) is 13.1. The number of anilines is 1. The van der Waals surface area contributed by atoms with E-state index in [4.69, 9.17) is 11.6 Å². The van der Waals surface area contributed by atoms with Crippen LogP contribution >= 0.6 is 11.6 Å². The second-order valence-electron chi connectivity index (χ2n) is 10.8. The zero-order valence-electron chi connectivity index (χ0n) is 23.8. The summed E-state index contributed by atoms with van der Waals surface area (Å²) in [5, 5.41) is 3.63. The summed E-state index contributed by atoms with van der Waals surface area (Å²) < 4.78 is 29.0. The number of hydrogen-bond donors (Lipinski definition) is 1. The van der Waals surface area contributed by atoms with Gasteiger partial charge in [-0.1, -0.05) is 67.3 Å². The van der Waals surface area contributed by atoms with E-state index in [1.54, 1.807) is 55.5 Å². The minimum atomic E-state index is -4.10. The van der Waals surface area contributed by atoms with E-state index in [0.29, 0.717) is 10.7 Å². The van der Waals surface area contributed by atoms with E-state index < -0.39 is 28.5 Å². The molecule has 0 heterocycles. The monoisotopic (exact) mass is 595 g/mol. The van der Waals surface area contributed by atoms with Gasteiger partial charge in [0.15, 0.2) is 0 Å². The van der Waals surface area contributed by atoms with Gasteiger partial charge in [-0.3, -0.25) is 13.9 Å². The number of nitrogens with zero attached hydrogens (tertiary/aromatic N) is 2. The van der Waals surface area contributed by atoms with Crippen molar-refractivity contribution in [1.82, 2.24) is 10.2 Å².